The molecule has 1 aromatic rings. The van der Waals surface area contributed by atoms with Crippen LogP contribution in [0.15, 0.2) is 24.3 Å². The van der Waals surface area contributed by atoms with Crippen molar-refractivity contribution >= 4 is 23.3 Å². The molecule has 104 valence electrons. The highest BCUT2D eigenvalue weighted by atomic mass is 35.5. The van der Waals surface area contributed by atoms with E-state index in [4.69, 9.17) is 16.7 Å². The van der Waals surface area contributed by atoms with Gasteiger partial charge in [-0.25, -0.2) is 0 Å². The van der Waals surface area contributed by atoms with Gasteiger partial charge in [-0.1, -0.05) is 18.5 Å². The first kappa shape index (κ1) is 14.2. The molecule has 1 unspecified atom stereocenters. The van der Waals surface area contributed by atoms with Crippen LogP contribution in [0, 0.1) is 0 Å². The van der Waals surface area contributed by atoms with Crippen LogP contribution in [0.3, 0.4) is 0 Å². The van der Waals surface area contributed by atoms with Crippen LogP contribution in [0.5, 0.6) is 0 Å². The number of halogens is 1. The highest BCUT2D eigenvalue weighted by molar-refractivity contribution is 6.30. The Morgan fingerprint density at radius 3 is 2.32 bits per heavy atom. The van der Waals surface area contributed by atoms with Crippen molar-refractivity contribution < 1.29 is 9.90 Å². The van der Waals surface area contributed by atoms with E-state index in [9.17, 15) is 4.79 Å². The average molecular weight is 283 g/mol. The van der Waals surface area contributed by atoms with Gasteiger partial charge in [-0.3, -0.25) is 9.69 Å². The largest absolute Gasteiger partial charge is 0.480 e. The highest BCUT2D eigenvalue weighted by Crippen LogP contribution is 2.20. The zero-order chi connectivity index (χ0) is 13.8. The molecule has 1 heterocycles. The van der Waals surface area contributed by atoms with Crippen LogP contribution in [0.2, 0.25) is 5.02 Å². The summed E-state index contributed by atoms with van der Waals surface area (Å²) in [6, 6.07) is 7.43. The van der Waals surface area contributed by atoms with E-state index < -0.39 is 5.97 Å². The number of benzene rings is 1. The first-order chi connectivity index (χ1) is 9.11. The number of hydrogen-bond donors (Lipinski definition) is 1. The Balaban J connectivity index is 1.95. The molecular weight excluding hydrogens is 264 g/mol. The first-order valence-electron chi connectivity index (χ1n) is 6.59. The molecule has 0 amide bonds. The molecule has 1 aliphatic rings. The average Bonchev–Trinajstić information content (AvgIpc) is 2.41. The summed E-state index contributed by atoms with van der Waals surface area (Å²) in [5, 5.41) is 9.90. The van der Waals surface area contributed by atoms with E-state index in [0.29, 0.717) is 6.42 Å². The number of carboxylic acids is 1. The minimum absolute atomic E-state index is 0.354. The zero-order valence-corrected chi connectivity index (χ0v) is 11.8. The monoisotopic (exact) mass is 282 g/mol. The lowest BCUT2D eigenvalue weighted by Gasteiger charge is -2.38. The first-order valence-corrected chi connectivity index (χ1v) is 6.97. The zero-order valence-electron chi connectivity index (χ0n) is 11.1. The molecule has 0 saturated carbocycles. The summed E-state index contributed by atoms with van der Waals surface area (Å²) in [6.45, 7) is 5.20. The fourth-order valence-electron chi connectivity index (χ4n) is 2.53. The number of carbonyl (C=O) groups is 1. The van der Waals surface area contributed by atoms with Gasteiger partial charge in [-0.15, -0.1) is 0 Å². The van der Waals surface area contributed by atoms with Gasteiger partial charge in [-0.2, -0.15) is 0 Å². The van der Waals surface area contributed by atoms with Crippen molar-refractivity contribution in [1.29, 1.82) is 0 Å². The number of rotatable bonds is 4. The molecule has 4 nitrogen and oxygen atoms in total. The van der Waals surface area contributed by atoms with E-state index in [-0.39, 0.29) is 6.04 Å². The van der Waals surface area contributed by atoms with Crippen LogP contribution < -0.4 is 4.90 Å². The lowest BCUT2D eigenvalue weighted by Crippen LogP contribution is -2.52. The van der Waals surface area contributed by atoms with Gasteiger partial charge in [0, 0.05) is 36.9 Å². The molecule has 0 bridgehead atoms. The molecule has 0 aromatic heterocycles. The normalized spacial score (nSPS) is 18.3. The van der Waals surface area contributed by atoms with E-state index in [2.05, 4.69) is 9.80 Å². The van der Waals surface area contributed by atoms with Crippen molar-refractivity contribution in [3.05, 3.63) is 29.3 Å². The van der Waals surface area contributed by atoms with E-state index in [1.807, 2.05) is 31.2 Å². The number of nitrogens with zero attached hydrogens (tertiary/aromatic N) is 2. The van der Waals surface area contributed by atoms with Gasteiger partial charge >= 0.3 is 5.97 Å². The van der Waals surface area contributed by atoms with Crippen molar-refractivity contribution in [3.8, 4) is 0 Å². The molecule has 1 saturated heterocycles. The lowest BCUT2D eigenvalue weighted by atomic mass is 10.1. The van der Waals surface area contributed by atoms with E-state index in [1.165, 1.54) is 0 Å². The van der Waals surface area contributed by atoms with Crippen LogP contribution in [0.4, 0.5) is 5.69 Å². The fourth-order valence-corrected chi connectivity index (χ4v) is 2.66. The number of carboxylic acid groups (broad SMARTS) is 1. The molecule has 0 spiro atoms. The van der Waals surface area contributed by atoms with Gasteiger partial charge in [0.05, 0.1) is 0 Å². The Kier molecular flexibility index (Phi) is 4.66. The van der Waals surface area contributed by atoms with E-state index >= 15 is 0 Å². The molecular formula is C14H19ClN2O2. The van der Waals surface area contributed by atoms with E-state index in [1.54, 1.807) is 0 Å². The van der Waals surface area contributed by atoms with Crippen molar-refractivity contribution in [2.24, 2.45) is 0 Å². The molecule has 0 aliphatic carbocycles. The topological polar surface area (TPSA) is 43.8 Å². The van der Waals surface area contributed by atoms with Crippen LogP contribution in [0.25, 0.3) is 0 Å². The maximum Gasteiger partial charge on any atom is 0.320 e. The summed E-state index contributed by atoms with van der Waals surface area (Å²) in [5.41, 5.74) is 1.15. The number of piperazine rings is 1. The van der Waals surface area contributed by atoms with Crippen molar-refractivity contribution in [2.45, 2.75) is 19.4 Å². The standard InChI is InChI=1S/C14H19ClN2O2/c1-2-13(14(18)19)17-9-7-16(8-10-17)12-5-3-11(15)4-6-12/h3-6,13H,2,7-10H2,1H3,(H,18,19). The number of anilines is 1. The third-order valence-electron chi connectivity index (χ3n) is 3.62. The predicted molar refractivity (Wildman–Crippen MR) is 77.0 cm³/mol. The maximum atomic E-state index is 11.1. The number of aliphatic carboxylic acids is 1. The molecule has 1 N–H and O–H groups in total. The lowest BCUT2D eigenvalue weighted by molar-refractivity contribution is -0.143. The van der Waals surface area contributed by atoms with E-state index in [0.717, 1.165) is 36.9 Å². The summed E-state index contributed by atoms with van der Waals surface area (Å²) >= 11 is 5.88. The minimum Gasteiger partial charge on any atom is -0.480 e. The number of hydrogen-bond acceptors (Lipinski definition) is 3. The van der Waals surface area contributed by atoms with Gasteiger partial charge in [-0.05, 0) is 30.7 Å². The van der Waals surface area contributed by atoms with Crippen molar-refractivity contribution in [1.82, 2.24) is 4.90 Å². The SMILES string of the molecule is CCC(C(=O)O)N1CCN(c2ccc(Cl)cc2)CC1. The summed E-state index contributed by atoms with van der Waals surface area (Å²) in [4.78, 5) is 15.5. The molecule has 19 heavy (non-hydrogen) atoms. The van der Waals surface area contributed by atoms with Gasteiger partial charge < -0.3 is 10.0 Å². The van der Waals surface area contributed by atoms with Crippen LogP contribution in [-0.2, 0) is 4.79 Å². The van der Waals surface area contributed by atoms with Crippen molar-refractivity contribution in [3.63, 3.8) is 0 Å². The van der Waals surface area contributed by atoms with Crippen LogP contribution >= 0.6 is 11.6 Å². The second-order valence-corrected chi connectivity index (χ2v) is 5.20. The smallest absolute Gasteiger partial charge is 0.320 e. The molecule has 1 fully saturated rings. The summed E-state index contributed by atoms with van der Waals surface area (Å²) in [6.07, 6.45) is 0.649. The van der Waals surface area contributed by atoms with Gasteiger partial charge in [0.2, 0.25) is 0 Å². The predicted octanol–water partition coefficient (Wildman–Crippen LogP) is 2.33. The Labute approximate surface area is 118 Å². The molecule has 0 radical (unpaired) electrons. The summed E-state index contributed by atoms with van der Waals surface area (Å²) in [7, 11) is 0. The fraction of sp³-hybridized carbons (Fsp3) is 0.500. The molecule has 1 atom stereocenters. The Morgan fingerprint density at radius 1 is 1.26 bits per heavy atom. The van der Waals surface area contributed by atoms with Crippen LogP contribution in [0.1, 0.15) is 13.3 Å². The second-order valence-electron chi connectivity index (χ2n) is 4.76. The van der Waals surface area contributed by atoms with Gasteiger partial charge in [0.15, 0.2) is 0 Å². The van der Waals surface area contributed by atoms with Crippen LogP contribution in [-0.4, -0.2) is 48.2 Å². The van der Waals surface area contributed by atoms with Gasteiger partial charge in [0.25, 0.3) is 0 Å². The quantitative estimate of drug-likeness (QED) is 0.920. The van der Waals surface area contributed by atoms with Gasteiger partial charge in [0.1, 0.15) is 6.04 Å². The highest BCUT2D eigenvalue weighted by Gasteiger charge is 2.27. The third-order valence-corrected chi connectivity index (χ3v) is 3.87. The third kappa shape index (κ3) is 3.39. The minimum atomic E-state index is -0.720. The second kappa shape index (κ2) is 6.26. The molecule has 2 rings (SSSR count). The summed E-state index contributed by atoms with van der Waals surface area (Å²) in [5.74, 6) is -0.720. The Morgan fingerprint density at radius 2 is 1.84 bits per heavy atom. The Hall–Kier alpha value is -1.26. The molecule has 1 aliphatic heterocycles. The molecule has 5 heteroatoms. The molecule has 1 aromatic carbocycles. The maximum absolute atomic E-state index is 11.1. The van der Waals surface area contributed by atoms with Crippen molar-refractivity contribution in [2.75, 3.05) is 31.1 Å². The summed E-state index contributed by atoms with van der Waals surface area (Å²) < 4.78 is 0. The Bertz CT molecular complexity index is 428.